The van der Waals surface area contributed by atoms with Crippen molar-refractivity contribution in [1.29, 1.82) is 0 Å². The summed E-state index contributed by atoms with van der Waals surface area (Å²) in [5, 5.41) is 7.36. The number of hydrogen-bond acceptors (Lipinski definition) is 4. The van der Waals surface area contributed by atoms with Gasteiger partial charge in [0.05, 0.1) is 22.7 Å². The summed E-state index contributed by atoms with van der Waals surface area (Å²) in [6.07, 6.45) is 0.887. The molecule has 140 valence electrons. The third kappa shape index (κ3) is 3.00. The van der Waals surface area contributed by atoms with Crippen LogP contribution in [0.1, 0.15) is 11.1 Å². The number of fused-ring (bicyclic) bond motifs is 4. The highest BCUT2D eigenvalue weighted by Gasteiger charge is 2.21. The van der Waals surface area contributed by atoms with E-state index in [1.807, 2.05) is 23.5 Å². The Bertz CT molecular complexity index is 1150. The topological polar surface area (TPSA) is 24.1 Å². The maximum atomic E-state index is 3.68. The number of para-hydroxylation sites is 4. The molecule has 0 amide bonds. The van der Waals surface area contributed by atoms with Crippen molar-refractivity contribution < 1.29 is 0 Å². The summed E-state index contributed by atoms with van der Waals surface area (Å²) < 4.78 is 0. The molecular formula is C25H18N2S2. The highest BCUT2D eigenvalue weighted by molar-refractivity contribution is 8.00. The Balaban J connectivity index is 1.38. The van der Waals surface area contributed by atoms with Crippen LogP contribution >= 0.6 is 23.5 Å². The zero-order chi connectivity index (χ0) is 19.2. The van der Waals surface area contributed by atoms with Gasteiger partial charge in [-0.1, -0.05) is 72.1 Å². The van der Waals surface area contributed by atoms with E-state index in [0.717, 1.165) is 6.42 Å². The van der Waals surface area contributed by atoms with E-state index in [-0.39, 0.29) is 0 Å². The molecule has 4 aromatic rings. The lowest BCUT2D eigenvalue weighted by molar-refractivity contribution is 1.14. The van der Waals surface area contributed by atoms with Gasteiger partial charge in [0, 0.05) is 26.0 Å². The van der Waals surface area contributed by atoms with E-state index >= 15 is 0 Å². The van der Waals surface area contributed by atoms with Crippen molar-refractivity contribution in [2.75, 3.05) is 10.6 Å². The maximum absolute atomic E-state index is 3.68. The van der Waals surface area contributed by atoms with Gasteiger partial charge in [-0.2, -0.15) is 0 Å². The van der Waals surface area contributed by atoms with Gasteiger partial charge in [0.2, 0.25) is 0 Å². The summed E-state index contributed by atoms with van der Waals surface area (Å²) in [4.78, 5) is 5.14. The van der Waals surface area contributed by atoms with Crippen LogP contribution in [0.4, 0.5) is 22.7 Å². The van der Waals surface area contributed by atoms with Crippen molar-refractivity contribution in [3.63, 3.8) is 0 Å². The molecule has 4 heteroatoms. The Morgan fingerprint density at radius 2 is 0.931 bits per heavy atom. The van der Waals surface area contributed by atoms with E-state index in [9.17, 15) is 0 Å². The van der Waals surface area contributed by atoms with Crippen LogP contribution in [-0.2, 0) is 6.42 Å². The van der Waals surface area contributed by atoms with Crippen LogP contribution in [0.3, 0.4) is 0 Å². The molecule has 0 atom stereocenters. The van der Waals surface area contributed by atoms with Crippen molar-refractivity contribution in [2.45, 2.75) is 26.0 Å². The van der Waals surface area contributed by atoms with Gasteiger partial charge in [-0.3, -0.25) is 0 Å². The lowest BCUT2D eigenvalue weighted by atomic mass is 10.0. The van der Waals surface area contributed by atoms with Gasteiger partial charge >= 0.3 is 0 Å². The first kappa shape index (κ1) is 17.1. The fraction of sp³-hybridized carbons (Fsp3) is 0.0400. The monoisotopic (exact) mass is 410 g/mol. The van der Waals surface area contributed by atoms with Gasteiger partial charge in [-0.05, 0) is 47.5 Å². The summed E-state index contributed by atoms with van der Waals surface area (Å²) in [5.41, 5.74) is 7.49. The molecule has 0 radical (unpaired) electrons. The van der Waals surface area contributed by atoms with Crippen molar-refractivity contribution in [3.8, 4) is 0 Å². The first-order chi connectivity index (χ1) is 14.3. The summed E-state index contributed by atoms with van der Waals surface area (Å²) in [6, 6.07) is 30.3. The molecule has 0 spiro atoms. The fourth-order valence-electron chi connectivity index (χ4n) is 3.93. The number of nitrogens with one attached hydrogen (secondary N) is 2. The van der Waals surface area contributed by atoms with Gasteiger partial charge in [0.25, 0.3) is 0 Å². The van der Waals surface area contributed by atoms with E-state index in [0.29, 0.717) is 0 Å². The second kappa shape index (κ2) is 6.90. The Kier molecular flexibility index (Phi) is 4.06. The van der Waals surface area contributed by atoms with Gasteiger partial charge < -0.3 is 10.6 Å². The van der Waals surface area contributed by atoms with Crippen LogP contribution in [-0.4, -0.2) is 0 Å². The zero-order valence-electron chi connectivity index (χ0n) is 15.6. The molecule has 0 fully saturated rings. The van der Waals surface area contributed by atoms with Crippen LogP contribution in [0.5, 0.6) is 0 Å². The second-order valence-electron chi connectivity index (χ2n) is 7.20. The molecule has 0 aromatic heterocycles. The molecule has 29 heavy (non-hydrogen) atoms. The molecule has 0 unspecified atom stereocenters. The van der Waals surface area contributed by atoms with E-state index in [1.54, 1.807) is 0 Å². The summed E-state index contributed by atoms with van der Waals surface area (Å²) in [6.45, 7) is 0. The molecule has 2 aliphatic heterocycles. The SMILES string of the molecule is c1ccc2c(c1)Nc1c(Cc3cccc4c3Nc3ccccc3S4)cccc1S2. The lowest BCUT2D eigenvalue weighted by Gasteiger charge is -2.25. The largest absolute Gasteiger partial charge is 0.353 e. The minimum atomic E-state index is 0.887. The quantitative estimate of drug-likeness (QED) is 0.305. The third-order valence-electron chi connectivity index (χ3n) is 5.34. The van der Waals surface area contributed by atoms with Crippen LogP contribution in [0, 0.1) is 0 Å². The van der Waals surface area contributed by atoms with Crippen LogP contribution in [0.2, 0.25) is 0 Å². The van der Waals surface area contributed by atoms with Crippen LogP contribution in [0.15, 0.2) is 105 Å². The molecule has 6 rings (SSSR count). The molecule has 2 N–H and O–H groups in total. The van der Waals surface area contributed by atoms with Crippen LogP contribution < -0.4 is 10.6 Å². The minimum absolute atomic E-state index is 0.887. The number of anilines is 4. The lowest BCUT2D eigenvalue weighted by Crippen LogP contribution is -2.06. The molecular weight excluding hydrogens is 392 g/mol. The second-order valence-corrected chi connectivity index (χ2v) is 9.37. The Hall–Kier alpha value is -2.82. The van der Waals surface area contributed by atoms with E-state index in [1.165, 1.54) is 53.5 Å². The normalized spacial score (nSPS) is 13.2. The zero-order valence-corrected chi connectivity index (χ0v) is 17.2. The van der Waals surface area contributed by atoms with E-state index in [2.05, 4.69) is 95.6 Å². The van der Waals surface area contributed by atoms with Gasteiger partial charge in [0.1, 0.15) is 0 Å². The Labute approximate surface area is 178 Å². The number of benzene rings is 4. The van der Waals surface area contributed by atoms with Gasteiger partial charge in [-0.25, -0.2) is 0 Å². The first-order valence-corrected chi connectivity index (χ1v) is 11.3. The smallest absolute Gasteiger partial charge is 0.0562 e. The molecule has 0 bridgehead atoms. The van der Waals surface area contributed by atoms with Crippen molar-refractivity contribution in [3.05, 3.63) is 96.1 Å². The molecule has 4 aromatic carbocycles. The van der Waals surface area contributed by atoms with Crippen molar-refractivity contribution in [2.24, 2.45) is 0 Å². The molecule has 2 nitrogen and oxygen atoms in total. The third-order valence-corrected chi connectivity index (χ3v) is 7.61. The number of hydrogen-bond donors (Lipinski definition) is 2. The molecule has 2 heterocycles. The van der Waals surface area contributed by atoms with Crippen LogP contribution in [0.25, 0.3) is 0 Å². The van der Waals surface area contributed by atoms with Crippen molar-refractivity contribution >= 4 is 46.3 Å². The maximum Gasteiger partial charge on any atom is 0.0562 e. The molecule has 0 aliphatic carbocycles. The number of rotatable bonds is 2. The predicted molar refractivity (Wildman–Crippen MR) is 123 cm³/mol. The first-order valence-electron chi connectivity index (χ1n) is 9.67. The summed E-state index contributed by atoms with van der Waals surface area (Å²) >= 11 is 3.69. The Morgan fingerprint density at radius 3 is 1.45 bits per heavy atom. The fourth-order valence-corrected chi connectivity index (χ4v) is 6.02. The van der Waals surface area contributed by atoms with Crippen molar-refractivity contribution in [1.82, 2.24) is 0 Å². The molecule has 0 saturated carbocycles. The van der Waals surface area contributed by atoms with E-state index < -0.39 is 0 Å². The molecule has 2 aliphatic rings. The summed E-state index contributed by atoms with van der Waals surface area (Å²) in [7, 11) is 0. The highest BCUT2D eigenvalue weighted by atomic mass is 32.2. The Morgan fingerprint density at radius 1 is 0.483 bits per heavy atom. The minimum Gasteiger partial charge on any atom is -0.353 e. The standard InChI is InChI=1S/C25H18N2S2/c1-3-11-20-18(9-1)26-24-16(7-5-13-22(24)28-20)15-17-8-6-14-23-25(17)27-19-10-2-4-12-21(19)29-23/h1-14,26-27H,15H2. The van der Waals surface area contributed by atoms with E-state index in [4.69, 9.17) is 0 Å². The van der Waals surface area contributed by atoms with Gasteiger partial charge in [0.15, 0.2) is 0 Å². The average Bonchev–Trinajstić information content (AvgIpc) is 2.77. The summed E-state index contributed by atoms with van der Waals surface area (Å²) in [5.74, 6) is 0. The highest BCUT2D eigenvalue weighted by Crippen LogP contribution is 2.48. The average molecular weight is 411 g/mol. The van der Waals surface area contributed by atoms with Gasteiger partial charge in [-0.15, -0.1) is 0 Å². The molecule has 0 saturated heterocycles. The predicted octanol–water partition coefficient (Wildman–Crippen LogP) is 7.69.